The number of unbranched alkanes of at least 4 members (excludes halogenated alkanes) is 1. The maximum atomic E-state index is 10.0. The summed E-state index contributed by atoms with van der Waals surface area (Å²) < 4.78 is 0. The Hall–Kier alpha value is -1.08. The van der Waals surface area contributed by atoms with Crippen LogP contribution in [0, 0.1) is 0 Å². The van der Waals surface area contributed by atoms with Gasteiger partial charge in [-0.2, -0.15) is 0 Å². The van der Waals surface area contributed by atoms with Crippen molar-refractivity contribution in [1.29, 1.82) is 0 Å². The molecule has 0 amide bonds. The highest BCUT2D eigenvalue weighted by Gasteiger charge is 2.09. The van der Waals surface area contributed by atoms with Crippen LogP contribution >= 0.6 is 0 Å². The number of rotatable bonds is 6. The summed E-state index contributed by atoms with van der Waals surface area (Å²) in [7, 11) is 0. The molecule has 82 valence electrons. The predicted octanol–water partition coefficient (Wildman–Crippen LogP) is 3.64. The Bertz CT molecular complexity index is 304. The third-order valence-electron chi connectivity index (χ3n) is 2.68. The van der Waals surface area contributed by atoms with Gasteiger partial charge in [-0.05, 0) is 36.8 Å². The average Bonchev–Trinajstić information content (AvgIpc) is 2.29. The first-order valence-corrected chi connectivity index (χ1v) is 5.66. The van der Waals surface area contributed by atoms with Crippen LogP contribution in [0.15, 0.2) is 36.9 Å². The van der Waals surface area contributed by atoms with Gasteiger partial charge >= 0.3 is 0 Å². The van der Waals surface area contributed by atoms with Crippen molar-refractivity contribution < 1.29 is 5.11 Å². The van der Waals surface area contributed by atoms with Gasteiger partial charge in [-0.25, -0.2) is 0 Å². The Morgan fingerprint density at radius 1 is 1.40 bits per heavy atom. The lowest BCUT2D eigenvalue weighted by Crippen LogP contribution is -2.01. The third kappa shape index (κ3) is 3.52. The summed E-state index contributed by atoms with van der Waals surface area (Å²) in [5.41, 5.74) is 2.34. The van der Waals surface area contributed by atoms with Crippen LogP contribution in [-0.4, -0.2) is 5.11 Å². The molecule has 1 aromatic carbocycles. The highest BCUT2D eigenvalue weighted by molar-refractivity contribution is 5.28. The molecule has 1 unspecified atom stereocenters. The van der Waals surface area contributed by atoms with Crippen LogP contribution in [0.1, 0.15) is 43.4 Å². The van der Waals surface area contributed by atoms with E-state index in [-0.39, 0.29) is 6.10 Å². The van der Waals surface area contributed by atoms with Crippen molar-refractivity contribution in [1.82, 2.24) is 0 Å². The molecule has 0 aliphatic heterocycles. The molecule has 1 nitrogen and oxygen atoms in total. The molecule has 0 aliphatic rings. The van der Waals surface area contributed by atoms with Crippen LogP contribution in [0.2, 0.25) is 0 Å². The fraction of sp³-hybridized carbons (Fsp3) is 0.429. The molecule has 15 heavy (non-hydrogen) atoms. The van der Waals surface area contributed by atoms with E-state index in [1.807, 2.05) is 24.3 Å². The van der Waals surface area contributed by atoms with E-state index in [4.69, 9.17) is 0 Å². The number of allylic oxidation sites excluding steroid dienone is 1. The Balaban J connectivity index is 2.63. The zero-order valence-electron chi connectivity index (χ0n) is 9.45. The van der Waals surface area contributed by atoms with Gasteiger partial charge in [0.1, 0.15) is 0 Å². The monoisotopic (exact) mass is 204 g/mol. The minimum Gasteiger partial charge on any atom is -0.388 e. The Morgan fingerprint density at radius 2 is 2.13 bits per heavy atom. The van der Waals surface area contributed by atoms with Crippen molar-refractivity contribution in [3.63, 3.8) is 0 Å². The minimum absolute atomic E-state index is 0.318. The zero-order valence-corrected chi connectivity index (χ0v) is 9.45. The van der Waals surface area contributed by atoms with Crippen LogP contribution in [0.4, 0.5) is 0 Å². The molecule has 0 fully saturated rings. The van der Waals surface area contributed by atoms with Crippen LogP contribution in [-0.2, 0) is 6.42 Å². The van der Waals surface area contributed by atoms with Crippen LogP contribution in [0.5, 0.6) is 0 Å². The van der Waals surface area contributed by atoms with E-state index < -0.39 is 0 Å². The molecule has 1 heteroatoms. The Kier molecular flexibility index (Phi) is 5.13. The fourth-order valence-corrected chi connectivity index (χ4v) is 1.79. The van der Waals surface area contributed by atoms with Gasteiger partial charge in [0.05, 0.1) is 6.10 Å². The number of hydrogen-bond donors (Lipinski definition) is 1. The van der Waals surface area contributed by atoms with Gasteiger partial charge in [-0.1, -0.05) is 37.3 Å². The van der Waals surface area contributed by atoms with E-state index in [2.05, 4.69) is 19.6 Å². The summed E-state index contributed by atoms with van der Waals surface area (Å²) in [6.07, 6.45) is 5.37. The predicted molar refractivity (Wildman–Crippen MR) is 64.8 cm³/mol. The Labute approximate surface area is 92.5 Å². The topological polar surface area (TPSA) is 20.2 Å². The van der Waals surface area contributed by atoms with Crippen molar-refractivity contribution in [3.8, 4) is 0 Å². The van der Waals surface area contributed by atoms with Gasteiger partial charge in [-0.3, -0.25) is 0 Å². The summed E-state index contributed by atoms with van der Waals surface area (Å²) in [6, 6.07) is 8.13. The lowest BCUT2D eigenvalue weighted by Gasteiger charge is -2.14. The molecule has 0 saturated carbocycles. The SMILES string of the molecule is C=CCCCC(O)c1ccccc1CC. The van der Waals surface area contributed by atoms with Gasteiger partial charge < -0.3 is 5.11 Å². The first-order chi connectivity index (χ1) is 7.29. The Morgan fingerprint density at radius 3 is 2.80 bits per heavy atom. The molecule has 0 saturated heterocycles. The number of aliphatic hydroxyl groups excluding tert-OH is 1. The lowest BCUT2D eigenvalue weighted by molar-refractivity contribution is 0.164. The lowest BCUT2D eigenvalue weighted by atomic mass is 9.97. The molecular weight excluding hydrogens is 184 g/mol. The molecule has 1 N–H and O–H groups in total. The van der Waals surface area contributed by atoms with Crippen molar-refractivity contribution in [2.75, 3.05) is 0 Å². The molecule has 0 radical (unpaired) electrons. The number of aliphatic hydroxyl groups is 1. The first kappa shape index (κ1) is 12.0. The van der Waals surface area contributed by atoms with E-state index in [0.717, 1.165) is 31.2 Å². The van der Waals surface area contributed by atoms with Gasteiger partial charge in [-0.15, -0.1) is 6.58 Å². The van der Waals surface area contributed by atoms with Crippen molar-refractivity contribution in [2.45, 2.75) is 38.7 Å². The van der Waals surface area contributed by atoms with E-state index in [9.17, 15) is 5.11 Å². The van der Waals surface area contributed by atoms with Crippen LogP contribution < -0.4 is 0 Å². The van der Waals surface area contributed by atoms with E-state index >= 15 is 0 Å². The second kappa shape index (κ2) is 6.41. The number of hydrogen-bond acceptors (Lipinski definition) is 1. The summed E-state index contributed by atoms with van der Waals surface area (Å²) in [6.45, 7) is 5.80. The summed E-state index contributed by atoms with van der Waals surface area (Å²) in [4.78, 5) is 0. The maximum absolute atomic E-state index is 10.0. The van der Waals surface area contributed by atoms with E-state index in [1.54, 1.807) is 0 Å². The highest BCUT2D eigenvalue weighted by atomic mass is 16.3. The average molecular weight is 204 g/mol. The van der Waals surface area contributed by atoms with Gasteiger partial charge in [0.2, 0.25) is 0 Å². The van der Waals surface area contributed by atoms with Crippen molar-refractivity contribution in [3.05, 3.63) is 48.0 Å². The molecule has 1 rings (SSSR count). The van der Waals surface area contributed by atoms with Crippen molar-refractivity contribution in [2.24, 2.45) is 0 Å². The van der Waals surface area contributed by atoms with Gasteiger partial charge in [0.15, 0.2) is 0 Å². The summed E-state index contributed by atoms with van der Waals surface area (Å²) in [5, 5.41) is 10.0. The third-order valence-corrected chi connectivity index (χ3v) is 2.68. The minimum atomic E-state index is -0.318. The van der Waals surface area contributed by atoms with E-state index in [0.29, 0.717) is 0 Å². The zero-order chi connectivity index (χ0) is 11.1. The molecular formula is C14H20O. The van der Waals surface area contributed by atoms with Gasteiger partial charge in [0, 0.05) is 0 Å². The van der Waals surface area contributed by atoms with Crippen LogP contribution in [0.25, 0.3) is 0 Å². The fourth-order valence-electron chi connectivity index (χ4n) is 1.79. The maximum Gasteiger partial charge on any atom is 0.0792 e. The van der Waals surface area contributed by atoms with Crippen molar-refractivity contribution >= 4 is 0 Å². The summed E-state index contributed by atoms with van der Waals surface area (Å²) >= 11 is 0. The van der Waals surface area contributed by atoms with Gasteiger partial charge in [0.25, 0.3) is 0 Å². The normalized spacial score (nSPS) is 12.4. The first-order valence-electron chi connectivity index (χ1n) is 5.66. The molecule has 0 aromatic heterocycles. The largest absolute Gasteiger partial charge is 0.388 e. The van der Waals surface area contributed by atoms with Crippen LogP contribution in [0.3, 0.4) is 0 Å². The number of aryl methyl sites for hydroxylation is 1. The molecule has 1 aromatic rings. The highest BCUT2D eigenvalue weighted by Crippen LogP contribution is 2.23. The summed E-state index contributed by atoms with van der Waals surface area (Å²) in [5.74, 6) is 0. The number of benzene rings is 1. The van der Waals surface area contributed by atoms with E-state index in [1.165, 1.54) is 5.56 Å². The molecule has 0 spiro atoms. The second-order valence-corrected chi connectivity index (χ2v) is 3.79. The molecule has 0 heterocycles. The second-order valence-electron chi connectivity index (χ2n) is 3.79. The molecule has 0 aliphatic carbocycles. The molecule has 1 atom stereocenters. The molecule has 0 bridgehead atoms. The standard InChI is InChI=1S/C14H20O/c1-3-5-6-11-14(15)13-10-8-7-9-12(13)4-2/h3,7-10,14-15H,1,4-6,11H2,2H3. The quantitative estimate of drug-likeness (QED) is 0.554. The smallest absolute Gasteiger partial charge is 0.0792 e.